The number of hydrogen-bond donors (Lipinski definition) is 1. The van der Waals surface area contributed by atoms with E-state index in [2.05, 4.69) is 5.32 Å². The molecule has 1 atom stereocenters. The maximum atomic E-state index is 6.02. The van der Waals surface area contributed by atoms with Crippen LogP contribution in [0.3, 0.4) is 0 Å². The Hall–Kier alpha value is -2.16. The van der Waals surface area contributed by atoms with Gasteiger partial charge in [-0.05, 0) is 18.2 Å². The van der Waals surface area contributed by atoms with E-state index in [-0.39, 0.29) is 6.10 Å². The maximum absolute atomic E-state index is 6.02. The average molecular weight is 241 g/mol. The van der Waals surface area contributed by atoms with Crippen molar-refractivity contribution in [1.29, 1.82) is 0 Å². The van der Waals surface area contributed by atoms with Crippen LogP contribution in [-0.4, -0.2) is 13.7 Å². The van der Waals surface area contributed by atoms with Crippen LogP contribution in [0.15, 0.2) is 48.5 Å². The number of benzene rings is 2. The zero-order chi connectivity index (χ0) is 12.4. The predicted molar refractivity (Wildman–Crippen MR) is 71.3 cm³/mol. The van der Waals surface area contributed by atoms with E-state index in [4.69, 9.17) is 9.47 Å². The Morgan fingerprint density at radius 3 is 2.78 bits per heavy atom. The van der Waals surface area contributed by atoms with Crippen LogP contribution in [0.4, 0.5) is 5.69 Å². The second-order valence-corrected chi connectivity index (χ2v) is 4.23. The normalized spacial score (nSPS) is 17.3. The summed E-state index contributed by atoms with van der Waals surface area (Å²) in [6, 6.07) is 15.9. The molecule has 0 saturated heterocycles. The van der Waals surface area contributed by atoms with E-state index in [9.17, 15) is 0 Å². The van der Waals surface area contributed by atoms with Gasteiger partial charge in [0.2, 0.25) is 0 Å². The third-order valence-electron chi connectivity index (χ3n) is 3.12. The first-order valence-corrected chi connectivity index (χ1v) is 6.01. The number of para-hydroxylation sites is 3. The van der Waals surface area contributed by atoms with Crippen molar-refractivity contribution in [2.24, 2.45) is 0 Å². The second kappa shape index (κ2) is 4.61. The lowest BCUT2D eigenvalue weighted by Gasteiger charge is -2.28. The van der Waals surface area contributed by atoms with Crippen molar-refractivity contribution in [2.45, 2.75) is 6.10 Å². The lowest BCUT2D eigenvalue weighted by Crippen LogP contribution is -2.23. The lowest BCUT2D eigenvalue weighted by molar-refractivity contribution is 0.205. The second-order valence-electron chi connectivity index (χ2n) is 4.23. The number of anilines is 1. The molecule has 1 N–H and O–H groups in total. The number of methoxy groups -OCH3 is 1. The van der Waals surface area contributed by atoms with E-state index < -0.39 is 0 Å². The third kappa shape index (κ3) is 1.88. The summed E-state index contributed by atoms with van der Waals surface area (Å²) in [5.41, 5.74) is 2.12. The summed E-state index contributed by atoms with van der Waals surface area (Å²) >= 11 is 0. The van der Waals surface area contributed by atoms with Gasteiger partial charge in [0.25, 0.3) is 0 Å². The Morgan fingerprint density at radius 1 is 1.11 bits per heavy atom. The van der Waals surface area contributed by atoms with E-state index in [1.165, 1.54) is 0 Å². The molecule has 0 spiro atoms. The van der Waals surface area contributed by atoms with Gasteiger partial charge in [-0.25, -0.2) is 0 Å². The molecule has 0 aromatic heterocycles. The molecule has 2 aromatic carbocycles. The summed E-state index contributed by atoms with van der Waals surface area (Å²) in [6.45, 7) is 0.747. The van der Waals surface area contributed by atoms with Crippen LogP contribution < -0.4 is 14.8 Å². The molecule has 0 saturated carbocycles. The van der Waals surface area contributed by atoms with E-state index in [0.29, 0.717) is 0 Å². The first kappa shape index (κ1) is 11.0. The van der Waals surface area contributed by atoms with E-state index >= 15 is 0 Å². The van der Waals surface area contributed by atoms with Gasteiger partial charge in [0, 0.05) is 5.56 Å². The fourth-order valence-corrected chi connectivity index (χ4v) is 2.22. The number of ether oxygens (including phenoxy) is 2. The van der Waals surface area contributed by atoms with E-state index in [0.717, 1.165) is 29.3 Å². The van der Waals surface area contributed by atoms with E-state index in [1.54, 1.807) is 7.11 Å². The van der Waals surface area contributed by atoms with Gasteiger partial charge in [-0.3, -0.25) is 0 Å². The molecule has 1 aliphatic heterocycles. The highest BCUT2D eigenvalue weighted by Gasteiger charge is 2.22. The van der Waals surface area contributed by atoms with E-state index in [1.807, 2.05) is 48.5 Å². The summed E-state index contributed by atoms with van der Waals surface area (Å²) in [6.07, 6.45) is -0.0175. The third-order valence-corrected chi connectivity index (χ3v) is 3.12. The lowest BCUT2D eigenvalue weighted by atomic mass is 10.1. The molecule has 0 radical (unpaired) electrons. The fourth-order valence-electron chi connectivity index (χ4n) is 2.22. The fraction of sp³-hybridized carbons (Fsp3) is 0.200. The first-order valence-electron chi connectivity index (χ1n) is 6.01. The minimum Gasteiger partial charge on any atom is -0.496 e. The molecule has 1 aliphatic rings. The molecule has 3 heteroatoms. The molecule has 0 aliphatic carbocycles. The van der Waals surface area contributed by atoms with Gasteiger partial charge >= 0.3 is 0 Å². The molecule has 2 aromatic rings. The zero-order valence-corrected chi connectivity index (χ0v) is 10.2. The van der Waals surface area contributed by atoms with Crippen molar-refractivity contribution in [3.05, 3.63) is 54.1 Å². The molecule has 1 heterocycles. The van der Waals surface area contributed by atoms with Crippen molar-refractivity contribution in [1.82, 2.24) is 0 Å². The highest BCUT2D eigenvalue weighted by molar-refractivity contribution is 5.58. The summed E-state index contributed by atoms with van der Waals surface area (Å²) in [7, 11) is 1.68. The van der Waals surface area contributed by atoms with Crippen LogP contribution in [-0.2, 0) is 0 Å². The quantitative estimate of drug-likeness (QED) is 0.875. The Labute approximate surface area is 106 Å². The minimum absolute atomic E-state index is 0.0175. The molecule has 1 unspecified atom stereocenters. The van der Waals surface area contributed by atoms with Crippen LogP contribution in [0.2, 0.25) is 0 Å². The largest absolute Gasteiger partial charge is 0.496 e. The van der Waals surface area contributed by atoms with Crippen LogP contribution in [0.5, 0.6) is 11.5 Å². The van der Waals surface area contributed by atoms with Gasteiger partial charge in [-0.2, -0.15) is 0 Å². The van der Waals surface area contributed by atoms with Crippen LogP contribution in [0.25, 0.3) is 0 Å². The standard InChI is InChI=1S/C15H15NO2/c1-17-13-8-4-2-6-11(13)15-10-16-12-7-3-5-9-14(12)18-15/h2-9,15-16H,10H2,1H3. The molecule has 92 valence electrons. The Morgan fingerprint density at radius 2 is 1.89 bits per heavy atom. The van der Waals surface area contributed by atoms with Gasteiger partial charge in [0.05, 0.1) is 19.3 Å². The summed E-state index contributed by atoms with van der Waals surface area (Å²) < 4.78 is 11.4. The topological polar surface area (TPSA) is 30.5 Å². The van der Waals surface area contributed by atoms with Gasteiger partial charge in [0.15, 0.2) is 0 Å². The van der Waals surface area contributed by atoms with Gasteiger partial charge in [-0.15, -0.1) is 0 Å². The summed E-state index contributed by atoms with van der Waals surface area (Å²) in [5, 5.41) is 3.38. The van der Waals surface area contributed by atoms with Crippen molar-refractivity contribution in [3.8, 4) is 11.5 Å². The molecule has 0 amide bonds. The monoisotopic (exact) mass is 241 g/mol. The van der Waals surface area contributed by atoms with Crippen molar-refractivity contribution in [2.75, 3.05) is 19.0 Å². The molecular weight excluding hydrogens is 226 g/mol. The smallest absolute Gasteiger partial charge is 0.145 e. The predicted octanol–water partition coefficient (Wildman–Crippen LogP) is 3.24. The number of nitrogens with one attached hydrogen (secondary N) is 1. The van der Waals surface area contributed by atoms with Crippen molar-refractivity contribution in [3.63, 3.8) is 0 Å². The van der Waals surface area contributed by atoms with Gasteiger partial charge in [0.1, 0.15) is 17.6 Å². The number of fused-ring (bicyclic) bond motifs is 1. The Balaban J connectivity index is 1.92. The molecule has 3 nitrogen and oxygen atoms in total. The number of hydrogen-bond acceptors (Lipinski definition) is 3. The minimum atomic E-state index is -0.0175. The summed E-state index contributed by atoms with van der Waals surface area (Å²) in [5.74, 6) is 1.75. The van der Waals surface area contributed by atoms with Crippen LogP contribution >= 0.6 is 0 Å². The maximum Gasteiger partial charge on any atom is 0.145 e. The molecular formula is C15H15NO2. The highest BCUT2D eigenvalue weighted by Crippen LogP contribution is 2.36. The zero-order valence-electron chi connectivity index (χ0n) is 10.2. The average Bonchev–Trinajstić information content (AvgIpc) is 2.46. The first-order chi connectivity index (χ1) is 8.88. The highest BCUT2D eigenvalue weighted by atomic mass is 16.5. The molecule has 0 bridgehead atoms. The SMILES string of the molecule is COc1ccccc1C1CNc2ccccc2O1. The van der Waals surface area contributed by atoms with Crippen LogP contribution in [0, 0.1) is 0 Å². The Bertz CT molecular complexity index is 554. The van der Waals surface area contributed by atoms with Crippen molar-refractivity contribution < 1.29 is 9.47 Å². The molecule has 0 fully saturated rings. The Kier molecular flexibility index (Phi) is 2.81. The van der Waals surface area contributed by atoms with Gasteiger partial charge < -0.3 is 14.8 Å². The molecule has 3 rings (SSSR count). The van der Waals surface area contributed by atoms with Gasteiger partial charge in [-0.1, -0.05) is 30.3 Å². The molecule has 18 heavy (non-hydrogen) atoms. The number of rotatable bonds is 2. The van der Waals surface area contributed by atoms with Crippen molar-refractivity contribution >= 4 is 5.69 Å². The summed E-state index contributed by atoms with van der Waals surface area (Å²) in [4.78, 5) is 0. The van der Waals surface area contributed by atoms with Crippen LogP contribution in [0.1, 0.15) is 11.7 Å².